The van der Waals surface area contributed by atoms with Crippen molar-refractivity contribution in [3.63, 3.8) is 0 Å². The van der Waals surface area contributed by atoms with E-state index in [1.165, 1.54) is 12.8 Å². The van der Waals surface area contributed by atoms with Crippen LogP contribution in [0.1, 0.15) is 33.1 Å². The van der Waals surface area contributed by atoms with Gasteiger partial charge in [-0.25, -0.2) is 0 Å². The zero-order valence-electron chi connectivity index (χ0n) is 7.95. The van der Waals surface area contributed by atoms with Crippen LogP contribution in [0.15, 0.2) is 0 Å². The normalized spacial score (nSPS) is 15.6. The van der Waals surface area contributed by atoms with Crippen LogP contribution < -0.4 is 5.73 Å². The van der Waals surface area contributed by atoms with Gasteiger partial charge in [0.15, 0.2) is 0 Å². The summed E-state index contributed by atoms with van der Waals surface area (Å²) in [5.41, 5.74) is 5.44. The van der Waals surface area contributed by atoms with Gasteiger partial charge in [0.1, 0.15) is 6.29 Å². The number of hydrogen-bond acceptors (Lipinski definition) is 3. The molecule has 0 radical (unpaired) electrons. The van der Waals surface area contributed by atoms with Crippen molar-refractivity contribution in [2.75, 3.05) is 6.61 Å². The van der Waals surface area contributed by atoms with E-state index in [-0.39, 0.29) is 6.10 Å². The highest BCUT2D eigenvalue weighted by Gasteiger charge is 2.10. The Labute approximate surface area is 74.3 Å². The van der Waals surface area contributed by atoms with Crippen LogP contribution in [0.5, 0.6) is 0 Å². The fourth-order valence-corrected chi connectivity index (χ4v) is 0.843. The zero-order valence-corrected chi connectivity index (χ0v) is 7.95. The summed E-state index contributed by atoms with van der Waals surface area (Å²) in [6.45, 7) is 4.67. The van der Waals surface area contributed by atoms with E-state index in [2.05, 4.69) is 6.92 Å². The average molecular weight is 173 g/mol. The first-order valence-electron chi connectivity index (χ1n) is 4.54. The summed E-state index contributed by atoms with van der Waals surface area (Å²) in [6, 6.07) is -0.480. The highest BCUT2D eigenvalue weighted by atomic mass is 16.5. The number of ether oxygens (including phenoxy) is 1. The maximum absolute atomic E-state index is 10.2. The lowest BCUT2D eigenvalue weighted by Gasteiger charge is -2.15. The summed E-state index contributed by atoms with van der Waals surface area (Å²) in [5.74, 6) is 0. The van der Waals surface area contributed by atoms with E-state index in [0.717, 1.165) is 12.7 Å². The van der Waals surface area contributed by atoms with Crippen molar-refractivity contribution in [3.05, 3.63) is 0 Å². The van der Waals surface area contributed by atoms with Crippen LogP contribution >= 0.6 is 0 Å². The van der Waals surface area contributed by atoms with Crippen molar-refractivity contribution in [3.8, 4) is 0 Å². The minimum Gasteiger partial charge on any atom is -0.376 e. The van der Waals surface area contributed by atoms with Gasteiger partial charge in [0, 0.05) is 6.61 Å². The molecule has 72 valence electrons. The first-order valence-corrected chi connectivity index (χ1v) is 4.54. The summed E-state index contributed by atoms with van der Waals surface area (Å²) in [7, 11) is 0. The number of aldehydes is 1. The molecule has 0 saturated carbocycles. The smallest absolute Gasteiger partial charge is 0.139 e. The topological polar surface area (TPSA) is 52.3 Å². The predicted octanol–water partition coefficient (Wildman–Crippen LogP) is 1.11. The van der Waals surface area contributed by atoms with Crippen LogP contribution in [0.2, 0.25) is 0 Å². The highest BCUT2D eigenvalue weighted by Crippen LogP contribution is 1.99. The Hall–Kier alpha value is -0.410. The van der Waals surface area contributed by atoms with Gasteiger partial charge in [0.05, 0.1) is 12.1 Å². The Kier molecular flexibility index (Phi) is 7.00. The summed E-state index contributed by atoms with van der Waals surface area (Å²) >= 11 is 0. The van der Waals surface area contributed by atoms with Gasteiger partial charge in [-0.3, -0.25) is 0 Å². The Balaban J connectivity index is 3.30. The van der Waals surface area contributed by atoms with Crippen molar-refractivity contribution in [1.29, 1.82) is 0 Å². The Morgan fingerprint density at radius 2 is 2.17 bits per heavy atom. The van der Waals surface area contributed by atoms with Crippen molar-refractivity contribution in [2.45, 2.75) is 45.3 Å². The molecule has 0 fully saturated rings. The molecule has 0 aliphatic carbocycles. The fourth-order valence-electron chi connectivity index (χ4n) is 0.843. The second-order valence-electron chi connectivity index (χ2n) is 3.00. The number of carbonyl (C=O) groups excluding carboxylic acids is 1. The van der Waals surface area contributed by atoms with Crippen molar-refractivity contribution in [1.82, 2.24) is 0 Å². The fraction of sp³-hybridized carbons (Fsp3) is 0.889. The number of rotatable bonds is 7. The highest BCUT2D eigenvalue weighted by molar-refractivity contribution is 5.57. The van der Waals surface area contributed by atoms with Crippen LogP contribution in [0.4, 0.5) is 0 Å². The SMILES string of the molecule is CCCCCOC(C)[C@H](N)C=O. The van der Waals surface area contributed by atoms with Crippen LogP contribution in [0.25, 0.3) is 0 Å². The third-order valence-electron chi connectivity index (χ3n) is 1.83. The third kappa shape index (κ3) is 5.27. The molecule has 0 spiro atoms. The summed E-state index contributed by atoms with van der Waals surface area (Å²) in [6.07, 6.45) is 3.97. The number of nitrogens with two attached hydrogens (primary N) is 1. The first-order chi connectivity index (χ1) is 5.72. The molecule has 1 unspecified atom stereocenters. The van der Waals surface area contributed by atoms with Crippen molar-refractivity contribution in [2.24, 2.45) is 5.73 Å². The van der Waals surface area contributed by atoms with Gasteiger partial charge < -0.3 is 15.3 Å². The molecular formula is C9H19NO2. The summed E-state index contributed by atoms with van der Waals surface area (Å²) < 4.78 is 5.34. The van der Waals surface area contributed by atoms with E-state index < -0.39 is 6.04 Å². The first kappa shape index (κ1) is 11.6. The van der Waals surface area contributed by atoms with Crippen LogP contribution in [0.3, 0.4) is 0 Å². The molecule has 0 aromatic carbocycles. The lowest BCUT2D eigenvalue weighted by molar-refractivity contribution is -0.111. The molecule has 0 aliphatic rings. The van der Waals surface area contributed by atoms with E-state index in [1.807, 2.05) is 6.92 Å². The van der Waals surface area contributed by atoms with Crippen LogP contribution in [-0.4, -0.2) is 25.0 Å². The maximum atomic E-state index is 10.2. The summed E-state index contributed by atoms with van der Waals surface area (Å²) in [5, 5.41) is 0. The minimum absolute atomic E-state index is 0.153. The molecule has 12 heavy (non-hydrogen) atoms. The van der Waals surface area contributed by atoms with Gasteiger partial charge in [0.25, 0.3) is 0 Å². The average Bonchev–Trinajstić information content (AvgIpc) is 2.10. The van der Waals surface area contributed by atoms with Gasteiger partial charge in [0.2, 0.25) is 0 Å². The zero-order chi connectivity index (χ0) is 9.40. The molecule has 0 bridgehead atoms. The van der Waals surface area contributed by atoms with E-state index in [9.17, 15) is 4.79 Å². The third-order valence-corrected chi connectivity index (χ3v) is 1.83. The Morgan fingerprint density at radius 3 is 2.67 bits per heavy atom. The van der Waals surface area contributed by atoms with Gasteiger partial charge in [-0.05, 0) is 13.3 Å². The molecule has 2 atom stereocenters. The molecule has 0 rings (SSSR count). The minimum atomic E-state index is -0.480. The lowest BCUT2D eigenvalue weighted by atomic mass is 10.2. The molecule has 0 aliphatic heterocycles. The van der Waals surface area contributed by atoms with Gasteiger partial charge in [-0.1, -0.05) is 19.8 Å². The van der Waals surface area contributed by atoms with Gasteiger partial charge in [-0.2, -0.15) is 0 Å². The second-order valence-corrected chi connectivity index (χ2v) is 3.00. The van der Waals surface area contributed by atoms with E-state index in [1.54, 1.807) is 0 Å². The second kappa shape index (κ2) is 7.25. The van der Waals surface area contributed by atoms with Crippen LogP contribution in [0, 0.1) is 0 Å². The Morgan fingerprint density at radius 1 is 1.50 bits per heavy atom. The van der Waals surface area contributed by atoms with Crippen LogP contribution in [-0.2, 0) is 9.53 Å². The molecule has 3 heteroatoms. The summed E-state index contributed by atoms with van der Waals surface area (Å²) in [4.78, 5) is 10.2. The van der Waals surface area contributed by atoms with E-state index >= 15 is 0 Å². The molecule has 0 aromatic rings. The molecule has 0 saturated heterocycles. The van der Waals surface area contributed by atoms with Crippen molar-refractivity contribution < 1.29 is 9.53 Å². The molecule has 2 N–H and O–H groups in total. The van der Waals surface area contributed by atoms with Crippen molar-refractivity contribution >= 4 is 6.29 Å². The molecule has 0 amide bonds. The largest absolute Gasteiger partial charge is 0.376 e. The molecule has 3 nitrogen and oxygen atoms in total. The van der Waals surface area contributed by atoms with Gasteiger partial charge in [-0.15, -0.1) is 0 Å². The maximum Gasteiger partial charge on any atom is 0.139 e. The van der Waals surface area contributed by atoms with Gasteiger partial charge >= 0.3 is 0 Å². The molecule has 0 aromatic heterocycles. The number of unbranched alkanes of at least 4 members (excludes halogenated alkanes) is 2. The number of carbonyl (C=O) groups is 1. The molecular weight excluding hydrogens is 154 g/mol. The Bertz CT molecular complexity index is 117. The predicted molar refractivity (Wildman–Crippen MR) is 49.0 cm³/mol. The molecule has 0 heterocycles. The van der Waals surface area contributed by atoms with E-state index in [0.29, 0.717) is 6.61 Å². The number of hydrogen-bond donors (Lipinski definition) is 1. The monoisotopic (exact) mass is 173 g/mol. The van der Waals surface area contributed by atoms with E-state index in [4.69, 9.17) is 10.5 Å². The standard InChI is InChI=1S/C9H19NO2/c1-3-4-5-6-12-8(2)9(10)7-11/h7-9H,3-6,10H2,1-2H3/t8?,9-/m1/s1. The lowest BCUT2D eigenvalue weighted by Crippen LogP contribution is -2.36. The quantitative estimate of drug-likeness (QED) is 0.463.